The van der Waals surface area contributed by atoms with Gasteiger partial charge in [0.1, 0.15) is 0 Å². The standard InChI is InChI=1S/C16H26N4/c1-13-11-20(8-7-19(13)2)12-16-4-3-14(10-18-16)9-17-15-5-6-15/h3-4,10,13,15,17H,5-9,11-12H2,1-2H3. The molecule has 2 aliphatic rings. The lowest BCUT2D eigenvalue weighted by atomic mass is 10.2. The van der Waals surface area contributed by atoms with Crippen LogP contribution in [0.15, 0.2) is 18.3 Å². The van der Waals surface area contributed by atoms with Crippen molar-refractivity contribution >= 4 is 0 Å². The molecular weight excluding hydrogens is 248 g/mol. The number of pyridine rings is 1. The molecule has 0 radical (unpaired) electrons. The van der Waals surface area contributed by atoms with Gasteiger partial charge in [-0.1, -0.05) is 6.07 Å². The molecular formula is C16H26N4. The smallest absolute Gasteiger partial charge is 0.0544 e. The van der Waals surface area contributed by atoms with Crippen molar-refractivity contribution in [3.63, 3.8) is 0 Å². The van der Waals surface area contributed by atoms with E-state index < -0.39 is 0 Å². The summed E-state index contributed by atoms with van der Waals surface area (Å²) in [4.78, 5) is 9.56. The van der Waals surface area contributed by atoms with E-state index in [-0.39, 0.29) is 0 Å². The molecule has 2 fully saturated rings. The summed E-state index contributed by atoms with van der Waals surface area (Å²) < 4.78 is 0. The van der Waals surface area contributed by atoms with Gasteiger partial charge in [-0.25, -0.2) is 0 Å². The second kappa shape index (κ2) is 6.20. The molecule has 1 N–H and O–H groups in total. The average molecular weight is 274 g/mol. The summed E-state index contributed by atoms with van der Waals surface area (Å²) in [6, 6.07) is 5.82. The molecule has 1 aromatic heterocycles. The number of likely N-dealkylation sites (N-methyl/N-ethyl adjacent to an activating group) is 1. The number of aromatic nitrogens is 1. The van der Waals surface area contributed by atoms with Crippen molar-refractivity contribution in [2.75, 3.05) is 26.7 Å². The van der Waals surface area contributed by atoms with Crippen molar-refractivity contribution < 1.29 is 0 Å². The van der Waals surface area contributed by atoms with Gasteiger partial charge in [0, 0.05) is 51.0 Å². The van der Waals surface area contributed by atoms with E-state index in [0.29, 0.717) is 6.04 Å². The third-order valence-corrected chi connectivity index (χ3v) is 4.49. The van der Waals surface area contributed by atoms with E-state index in [9.17, 15) is 0 Å². The first-order chi connectivity index (χ1) is 9.70. The predicted octanol–water partition coefficient (Wildman–Crippen LogP) is 1.47. The molecule has 0 spiro atoms. The molecule has 0 aromatic carbocycles. The molecule has 0 bridgehead atoms. The van der Waals surface area contributed by atoms with Gasteiger partial charge in [0.15, 0.2) is 0 Å². The molecule has 1 atom stereocenters. The first kappa shape index (κ1) is 14.0. The van der Waals surface area contributed by atoms with Gasteiger partial charge in [-0.2, -0.15) is 0 Å². The van der Waals surface area contributed by atoms with Gasteiger partial charge < -0.3 is 10.2 Å². The summed E-state index contributed by atoms with van der Waals surface area (Å²) >= 11 is 0. The molecule has 1 unspecified atom stereocenters. The SMILES string of the molecule is CC1CN(Cc2ccc(CNC3CC3)cn2)CCN1C. The Morgan fingerprint density at radius 3 is 2.80 bits per heavy atom. The molecule has 1 aliphatic heterocycles. The number of nitrogens with one attached hydrogen (secondary N) is 1. The number of piperazine rings is 1. The maximum absolute atomic E-state index is 4.62. The summed E-state index contributed by atoms with van der Waals surface area (Å²) in [6.45, 7) is 7.69. The van der Waals surface area contributed by atoms with Crippen LogP contribution in [0.2, 0.25) is 0 Å². The van der Waals surface area contributed by atoms with E-state index in [1.807, 2.05) is 6.20 Å². The average Bonchev–Trinajstić information content (AvgIpc) is 3.26. The summed E-state index contributed by atoms with van der Waals surface area (Å²) in [5.41, 5.74) is 2.49. The predicted molar refractivity (Wildman–Crippen MR) is 81.5 cm³/mol. The Hall–Kier alpha value is -0.970. The first-order valence-corrected chi connectivity index (χ1v) is 7.80. The Balaban J connectivity index is 1.49. The van der Waals surface area contributed by atoms with Crippen molar-refractivity contribution in [3.05, 3.63) is 29.6 Å². The maximum Gasteiger partial charge on any atom is 0.0544 e. The van der Waals surface area contributed by atoms with E-state index in [2.05, 4.69) is 46.2 Å². The minimum absolute atomic E-state index is 0.644. The Morgan fingerprint density at radius 2 is 2.15 bits per heavy atom. The zero-order valence-electron chi connectivity index (χ0n) is 12.7. The third-order valence-electron chi connectivity index (χ3n) is 4.49. The van der Waals surface area contributed by atoms with Gasteiger partial charge in [-0.15, -0.1) is 0 Å². The van der Waals surface area contributed by atoms with Crippen LogP contribution in [0.4, 0.5) is 0 Å². The summed E-state index contributed by atoms with van der Waals surface area (Å²) in [5, 5.41) is 3.53. The highest BCUT2D eigenvalue weighted by Gasteiger charge is 2.21. The number of hydrogen-bond acceptors (Lipinski definition) is 4. The molecule has 1 aromatic rings. The molecule has 1 saturated carbocycles. The van der Waals surface area contributed by atoms with E-state index in [1.54, 1.807) is 0 Å². The second-order valence-corrected chi connectivity index (χ2v) is 6.38. The lowest BCUT2D eigenvalue weighted by Crippen LogP contribution is -2.49. The fourth-order valence-corrected chi connectivity index (χ4v) is 2.70. The van der Waals surface area contributed by atoms with Crippen LogP contribution < -0.4 is 5.32 Å². The Morgan fingerprint density at radius 1 is 1.30 bits per heavy atom. The lowest BCUT2D eigenvalue weighted by Gasteiger charge is -2.37. The van der Waals surface area contributed by atoms with Gasteiger partial charge in [0.05, 0.1) is 5.69 Å². The largest absolute Gasteiger partial charge is 0.310 e. The number of nitrogens with zero attached hydrogens (tertiary/aromatic N) is 3. The fourth-order valence-electron chi connectivity index (χ4n) is 2.70. The Kier molecular flexibility index (Phi) is 4.34. The van der Waals surface area contributed by atoms with Gasteiger partial charge in [-0.05, 0) is 38.4 Å². The van der Waals surface area contributed by atoms with E-state index in [4.69, 9.17) is 0 Å². The molecule has 1 saturated heterocycles. The fraction of sp³-hybridized carbons (Fsp3) is 0.688. The van der Waals surface area contributed by atoms with Crippen LogP contribution in [0.5, 0.6) is 0 Å². The molecule has 3 rings (SSSR count). The van der Waals surface area contributed by atoms with Gasteiger partial charge in [0.25, 0.3) is 0 Å². The first-order valence-electron chi connectivity index (χ1n) is 7.80. The van der Waals surface area contributed by atoms with E-state index in [1.165, 1.54) is 24.1 Å². The molecule has 110 valence electrons. The molecule has 4 nitrogen and oxygen atoms in total. The number of rotatable bonds is 5. The lowest BCUT2D eigenvalue weighted by molar-refractivity contribution is 0.0990. The maximum atomic E-state index is 4.62. The molecule has 1 aliphatic carbocycles. The third kappa shape index (κ3) is 3.78. The summed E-state index contributed by atoms with van der Waals surface area (Å²) in [6.07, 6.45) is 4.71. The van der Waals surface area contributed by atoms with Crippen molar-refractivity contribution in [2.45, 2.75) is 44.9 Å². The zero-order valence-corrected chi connectivity index (χ0v) is 12.7. The highest BCUT2D eigenvalue weighted by atomic mass is 15.3. The van der Waals surface area contributed by atoms with Crippen LogP contribution in [0.25, 0.3) is 0 Å². The van der Waals surface area contributed by atoms with E-state index >= 15 is 0 Å². The van der Waals surface area contributed by atoms with Crippen LogP contribution in [-0.4, -0.2) is 53.5 Å². The van der Waals surface area contributed by atoms with Crippen LogP contribution in [0.1, 0.15) is 31.0 Å². The zero-order chi connectivity index (χ0) is 13.9. The number of hydrogen-bond donors (Lipinski definition) is 1. The van der Waals surface area contributed by atoms with Crippen molar-refractivity contribution in [3.8, 4) is 0 Å². The monoisotopic (exact) mass is 274 g/mol. The molecule has 2 heterocycles. The molecule has 0 amide bonds. The molecule has 20 heavy (non-hydrogen) atoms. The van der Waals surface area contributed by atoms with Crippen LogP contribution in [0.3, 0.4) is 0 Å². The highest BCUT2D eigenvalue weighted by molar-refractivity contribution is 5.14. The van der Waals surface area contributed by atoms with Crippen LogP contribution in [-0.2, 0) is 13.1 Å². The summed E-state index contributed by atoms with van der Waals surface area (Å²) in [7, 11) is 2.21. The minimum Gasteiger partial charge on any atom is -0.310 e. The summed E-state index contributed by atoms with van der Waals surface area (Å²) in [5.74, 6) is 0. The van der Waals surface area contributed by atoms with Gasteiger partial charge in [-0.3, -0.25) is 9.88 Å². The minimum atomic E-state index is 0.644. The van der Waals surface area contributed by atoms with Crippen LogP contribution in [0, 0.1) is 0 Å². The second-order valence-electron chi connectivity index (χ2n) is 6.38. The Bertz CT molecular complexity index is 427. The van der Waals surface area contributed by atoms with Crippen molar-refractivity contribution in [1.29, 1.82) is 0 Å². The van der Waals surface area contributed by atoms with Gasteiger partial charge >= 0.3 is 0 Å². The van der Waals surface area contributed by atoms with Crippen molar-refractivity contribution in [2.24, 2.45) is 0 Å². The Labute approximate surface area is 122 Å². The van der Waals surface area contributed by atoms with Gasteiger partial charge in [0.2, 0.25) is 0 Å². The topological polar surface area (TPSA) is 31.4 Å². The van der Waals surface area contributed by atoms with Crippen LogP contribution >= 0.6 is 0 Å². The van der Waals surface area contributed by atoms with Crippen molar-refractivity contribution in [1.82, 2.24) is 20.1 Å². The van der Waals surface area contributed by atoms with E-state index in [0.717, 1.165) is 38.8 Å². The normalized spacial score (nSPS) is 25.0. The quantitative estimate of drug-likeness (QED) is 0.881. The molecule has 4 heteroatoms. The highest BCUT2D eigenvalue weighted by Crippen LogP contribution is 2.19.